The van der Waals surface area contributed by atoms with E-state index in [9.17, 15) is 8.78 Å². The van der Waals surface area contributed by atoms with E-state index in [1.165, 1.54) is 0 Å². The fourth-order valence-electron chi connectivity index (χ4n) is 1.95. The first kappa shape index (κ1) is 12.8. The normalized spacial score (nSPS) is 20.8. The quantitative estimate of drug-likeness (QED) is 0.743. The lowest BCUT2D eigenvalue weighted by atomic mass is 9.92. The summed E-state index contributed by atoms with van der Waals surface area (Å²) in [6.45, 7) is 4.13. The lowest BCUT2D eigenvalue weighted by molar-refractivity contribution is 0.0397. The first-order valence-electron chi connectivity index (χ1n) is 5.83. The Morgan fingerprint density at radius 3 is 2.53 bits per heavy atom. The van der Waals surface area contributed by atoms with Gasteiger partial charge in [0.15, 0.2) is 0 Å². The van der Waals surface area contributed by atoms with Crippen LogP contribution in [0, 0.1) is 5.92 Å². The Balaban J connectivity index is 2.28. The Morgan fingerprint density at radius 2 is 2.00 bits per heavy atom. The number of alkyl halides is 2. The van der Waals surface area contributed by atoms with Crippen molar-refractivity contribution in [2.24, 2.45) is 5.92 Å². The van der Waals surface area contributed by atoms with Gasteiger partial charge in [-0.2, -0.15) is 0 Å². The Hall–Kier alpha value is -0.220. The van der Waals surface area contributed by atoms with Crippen LogP contribution in [0.4, 0.5) is 8.78 Å². The molecule has 1 aliphatic heterocycles. The summed E-state index contributed by atoms with van der Waals surface area (Å²) in [6, 6.07) is -0.631. The molecule has 0 bridgehead atoms. The summed E-state index contributed by atoms with van der Waals surface area (Å²) >= 11 is 0. The van der Waals surface area contributed by atoms with E-state index in [0.29, 0.717) is 18.9 Å². The van der Waals surface area contributed by atoms with Crippen LogP contribution in [0.25, 0.3) is 0 Å². The van der Waals surface area contributed by atoms with Crippen molar-refractivity contribution in [2.75, 3.05) is 19.8 Å². The van der Waals surface area contributed by atoms with Gasteiger partial charge in [0.1, 0.15) is 0 Å². The van der Waals surface area contributed by atoms with Gasteiger partial charge in [0.25, 0.3) is 6.43 Å². The zero-order chi connectivity index (χ0) is 11.1. The van der Waals surface area contributed by atoms with Gasteiger partial charge in [0, 0.05) is 13.2 Å². The van der Waals surface area contributed by atoms with E-state index in [2.05, 4.69) is 5.32 Å². The second-order valence-electron chi connectivity index (χ2n) is 4.19. The van der Waals surface area contributed by atoms with E-state index < -0.39 is 12.5 Å². The molecule has 1 aliphatic rings. The monoisotopic (exact) mass is 221 g/mol. The predicted octanol–water partition coefficient (Wildman–Crippen LogP) is 2.44. The van der Waals surface area contributed by atoms with Crippen molar-refractivity contribution in [3.63, 3.8) is 0 Å². The zero-order valence-electron chi connectivity index (χ0n) is 9.35. The maximum Gasteiger partial charge on any atom is 0.253 e. The van der Waals surface area contributed by atoms with Crippen LogP contribution in [0.15, 0.2) is 0 Å². The molecule has 90 valence electrons. The van der Waals surface area contributed by atoms with Crippen LogP contribution in [0.5, 0.6) is 0 Å². The minimum absolute atomic E-state index is 0.405. The molecule has 0 aromatic heterocycles. The van der Waals surface area contributed by atoms with Crippen LogP contribution in [0.3, 0.4) is 0 Å². The van der Waals surface area contributed by atoms with Gasteiger partial charge in [-0.15, -0.1) is 0 Å². The van der Waals surface area contributed by atoms with Crippen LogP contribution >= 0.6 is 0 Å². The summed E-state index contributed by atoms with van der Waals surface area (Å²) in [5.74, 6) is 0.405. The highest BCUT2D eigenvalue weighted by Gasteiger charge is 2.24. The predicted molar refractivity (Wildman–Crippen MR) is 56.2 cm³/mol. The fourth-order valence-corrected chi connectivity index (χ4v) is 1.95. The molecule has 2 nitrogen and oxygen atoms in total. The van der Waals surface area contributed by atoms with Crippen molar-refractivity contribution in [1.82, 2.24) is 5.32 Å². The molecule has 0 amide bonds. The third-order valence-electron chi connectivity index (χ3n) is 2.89. The van der Waals surface area contributed by atoms with Crippen molar-refractivity contribution in [3.05, 3.63) is 0 Å². The standard InChI is InChI=1S/C11H21F2NO/c1-2-5-14-10(11(12)13)8-9-3-6-15-7-4-9/h9-11,14H,2-8H2,1H3. The van der Waals surface area contributed by atoms with Gasteiger partial charge in [-0.25, -0.2) is 8.78 Å². The maximum atomic E-state index is 12.7. The highest BCUT2D eigenvalue weighted by Crippen LogP contribution is 2.22. The summed E-state index contributed by atoms with van der Waals surface area (Å²) in [7, 11) is 0. The van der Waals surface area contributed by atoms with Crippen molar-refractivity contribution in [1.29, 1.82) is 0 Å². The highest BCUT2D eigenvalue weighted by molar-refractivity contribution is 4.75. The molecule has 0 saturated carbocycles. The SMILES string of the molecule is CCCNC(CC1CCOCC1)C(F)F. The molecule has 15 heavy (non-hydrogen) atoms. The van der Waals surface area contributed by atoms with Gasteiger partial charge in [0.05, 0.1) is 6.04 Å². The molecular formula is C11H21F2NO. The number of nitrogens with one attached hydrogen (secondary N) is 1. The van der Waals surface area contributed by atoms with Crippen LogP contribution in [-0.4, -0.2) is 32.2 Å². The van der Waals surface area contributed by atoms with Crippen molar-refractivity contribution in [2.45, 2.75) is 45.1 Å². The average molecular weight is 221 g/mol. The van der Waals surface area contributed by atoms with Crippen LogP contribution < -0.4 is 5.32 Å². The molecule has 0 spiro atoms. The Bertz CT molecular complexity index is 161. The number of rotatable bonds is 6. The largest absolute Gasteiger partial charge is 0.381 e. The third kappa shape index (κ3) is 4.89. The molecule has 1 rings (SSSR count). The summed E-state index contributed by atoms with van der Waals surface area (Å²) in [6.07, 6.45) is 1.09. The minimum atomic E-state index is -2.25. The zero-order valence-corrected chi connectivity index (χ0v) is 9.35. The van der Waals surface area contributed by atoms with Crippen LogP contribution in [0.2, 0.25) is 0 Å². The second kappa shape index (κ2) is 7.12. The summed E-state index contributed by atoms with van der Waals surface area (Å²) in [4.78, 5) is 0. The topological polar surface area (TPSA) is 21.3 Å². The number of halogens is 2. The van der Waals surface area contributed by atoms with Crippen molar-refractivity contribution in [3.8, 4) is 0 Å². The van der Waals surface area contributed by atoms with Crippen LogP contribution in [-0.2, 0) is 4.74 Å². The Kier molecular flexibility index (Phi) is 6.10. The Morgan fingerprint density at radius 1 is 1.33 bits per heavy atom. The lowest BCUT2D eigenvalue weighted by Crippen LogP contribution is -2.38. The Labute approximate surface area is 90.4 Å². The number of ether oxygens (including phenoxy) is 1. The summed E-state index contributed by atoms with van der Waals surface area (Å²) in [5.41, 5.74) is 0. The molecule has 4 heteroatoms. The molecule has 1 saturated heterocycles. The molecular weight excluding hydrogens is 200 g/mol. The molecule has 1 atom stereocenters. The molecule has 0 aromatic carbocycles. The maximum absolute atomic E-state index is 12.7. The smallest absolute Gasteiger partial charge is 0.253 e. The first-order valence-corrected chi connectivity index (χ1v) is 5.83. The van der Waals surface area contributed by atoms with Gasteiger partial charge in [-0.3, -0.25) is 0 Å². The van der Waals surface area contributed by atoms with Crippen LogP contribution in [0.1, 0.15) is 32.6 Å². The third-order valence-corrected chi connectivity index (χ3v) is 2.89. The van der Waals surface area contributed by atoms with Crippen molar-refractivity contribution >= 4 is 0 Å². The van der Waals surface area contributed by atoms with Gasteiger partial charge >= 0.3 is 0 Å². The molecule has 0 aromatic rings. The van der Waals surface area contributed by atoms with Crippen molar-refractivity contribution < 1.29 is 13.5 Å². The van der Waals surface area contributed by atoms with Gasteiger partial charge in [0.2, 0.25) is 0 Å². The van der Waals surface area contributed by atoms with E-state index in [-0.39, 0.29) is 0 Å². The average Bonchev–Trinajstić information content (AvgIpc) is 2.25. The van der Waals surface area contributed by atoms with E-state index >= 15 is 0 Å². The molecule has 1 unspecified atom stereocenters. The van der Waals surface area contributed by atoms with Gasteiger partial charge < -0.3 is 10.1 Å². The highest BCUT2D eigenvalue weighted by atomic mass is 19.3. The number of hydrogen-bond acceptors (Lipinski definition) is 2. The van der Waals surface area contributed by atoms with E-state index in [1.807, 2.05) is 6.92 Å². The van der Waals surface area contributed by atoms with Gasteiger partial charge in [-0.05, 0) is 38.1 Å². The lowest BCUT2D eigenvalue weighted by Gasteiger charge is -2.26. The van der Waals surface area contributed by atoms with Gasteiger partial charge in [-0.1, -0.05) is 6.92 Å². The fraction of sp³-hybridized carbons (Fsp3) is 1.00. The van der Waals surface area contributed by atoms with E-state index in [0.717, 1.165) is 32.5 Å². The first-order chi connectivity index (χ1) is 7.24. The molecule has 0 radical (unpaired) electrons. The van der Waals surface area contributed by atoms with E-state index in [1.54, 1.807) is 0 Å². The molecule has 1 N–H and O–H groups in total. The molecule has 0 aliphatic carbocycles. The molecule has 1 heterocycles. The molecule has 1 fully saturated rings. The minimum Gasteiger partial charge on any atom is -0.381 e. The second-order valence-corrected chi connectivity index (χ2v) is 4.19. The van der Waals surface area contributed by atoms with E-state index in [4.69, 9.17) is 4.74 Å². The summed E-state index contributed by atoms with van der Waals surface area (Å²) < 4.78 is 30.6. The summed E-state index contributed by atoms with van der Waals surface area (Å²) in [5, 5.41) is 2.93. The number of hydrogen-bond donors (Lipinski definition) is 1.